The molecule has 0 atom stereocenters. The second kappa shape index (κ2) is 12.9. The molecule has 1 aromatic heterocycles. The molecule has 1 aliphatic heterocycles. The second-order valence-electron chi connectivity index (χ2n) is 11.4. The number of carbonyl (C=O) groups is 1. The van der Waals surface area contributed by atoms with E-state index in [0.717, 1.165) is 18.0 Å². The summed E-state index contributed by atoms with van der Waals surface area (Å²) in [6, 6.07) is 10.9. The lowest BCUT2D eigenvalue weighted by Crippen LogP contribution is -2.41. The summed E-state index contributed by atoms with van der Waals surface area (Å²) in [5.74, 6) is -2.43. The molecule has 0 fully saturated rings. The van der Waals surface area contributed by atoms with Crippen molar-refractivity contribution in [1.29, 1.82) is 0 Å². The van der Waals surface area contributed by atoms with Crippen molar-refractivity contribution in [1.82, 2.24) is 14.9 Å². The Morgan fingerprint density at radius 3 is 2.44 bits per heavy atom. The summed E-state index contributed by atoms with van der Waals surface area (Å²) in [7, 11) is 1.54. The normalized spacial score (nSPS) is 13.8. The van der Waals surface area contributed by atoms with E-state index in [0.29, 0.717) is 16.9 Å². The molecule has 0 saturated heterocycles. The number of hydrogen-bond donors (Lipinski definition) is 1. The molecular weight excluding hydrogens is 611 g/mol. The first-order valence-corrected chi connectivity index (χ1v) is 14.5. The number of aromatic nitrogens is 2. The third-order valence-electron chi connectivity index (χ3n) is 7.25. The summed E-state index contributed by atoms with van der Waals surface area (Å²) in [5, 5.41) is 9.17. The van der Waals surface area contributed by atoms with E-state index in [4.69, 9.17) is 25.8 Å². The Morgan fingerprint density at radius 2 is 1.78 bits per heavy atom. The fourth-order valence-corrected chi connectivity index (χ4v) is 5.41. The van der Waals surface area contributed by atoms with E-state index in [2.05, 4.69) is 9.97 Å². The van der Waals surface area contributed by atoms with Gasteiger partial charge in [0.1, 0.15) is 41.4 Å². The van der Waals surface area contributed by atoms with Crippen LogP contribution in [-0.4, -0.2) is 58.5 Å². The van der Waals surface area contributed by atoms with E-state index in [1.165, 1.54) is 24.1 Å². The van der Waals surface area contributed by atoms with Gasteiger partial charge in [0, 0.05) is 18.7 Å². The van der Waals surface area contributed by atoms with Crippen molar-refractivity contribution in [3.8, 4) is 22.6 Å². The van der Waals surface area contributed by atoms with Gasteiger partial charge in [0.15, 0.2) is 11.6 Å². The average Bonchev–Trinajstić information content (AvgIpc) is 3.02. The molecule has 12 heteroatoms. The minimum absolute atomic E-state index is 0.000468. The predicted octanol–water partition coefficient (Wildman–Crippen LogP) is 7.34. The molecule has 0 aliphatic carbocycles. The number of carbonyl (C=O) groups excluding carboxylic acids is 1. The molecule has 8 nitrogen and oxygen atoms in total. The zero-order chi connectivity index (χ0) is 32.5. The average molecular weight is 642 g/mol. The molecule has 1 aliphatic rings. The van der Waals surface area contributed by atoms with Gasteiger partial charge in [-0.2, -0.15) is 0 Å². The van der Waals surface area contributed by atoms with E-state index in [9.17, 15) is 9.90 Å². The lowest BCUT2D eigenvalue weighted by Gasteiger charge is -2.32. The molecule has 0 bridgehead atoms. The predicted molar refractivity (Wildman–Crippen MR) is 164 cm³/mol. The first kappa shape index (κ1) is 32.1. The number of aliphatic hydroxyl groups is 1. The van der Waals surface area contributed by atoms with E-state index >= 15 is 13.2 Å². The fourth-order valence-electron chi connectivity index (χ4n) is 5.13. The number of amides is 1. The van der Waals surface area contributed by atoms with Crippen LogP contribution >= 0.6 is 11.6 Å². The summed E-state index contributed by atoms with van der Waals surface area (Å²) in [6.07, 6.45) is 0.654. The van der Waals surface area contributed by atoms with Crippen LogP contribution in [0.25, 0.3) is 27.6 Å². The van der Waals surface area contributed by atoms with Gasteiger partial charge in [0.2, 0.25) is 0 Å². The Balaban J connectivity index is 1.57. The van der Waals surface area contributed by atoms with Crippen LogP contribution in [0.2, 0.25) is 5.02 Å². The standard InChI is InChI=1S/C33H31ClF3N3O5/c1-33(2,3)45-32(42)40-13-12-21(19(14-40)15-41)30-26-28(36)27(34)25(29(37)31(26)39-17-38-30)24-22(35)6-5-7-23(24)44-16-18-8-10-20(43-4)11-9-18/h5-11,17,41H,12-16H2,1-4H3. The molecular formula is C33H31ClF3N3O5. The summed E-state index contributed by atoms with van der Waals surface area (Å²) < 4.78 is 64.4. The number of aliphatic hydroxyl groups excluding tert-OH is 1. The van der Waals surface area contributed by atoms with Crippen molar-refractivity contribution >= 4 is 34.2 Å². The maximum absolute atomic E-state index is 16.3. The number of halogens is 4. The number of hydrogen-bond acceptors (Lipinski definition) is 7. The lowest BCUT2D eigenvalue weighted by molar-refractivity contribution is 0.0260. The number of rotatable bonds is 7. The van der Waals surface area contributed by atoms with Gasteiger partial charge < -0.3 is 24.2 Å². The lowest BCUT2D eigenvalue weighted by atomic mass is 9.93. The van der Waals surface area contributed by atoms with Gasteiger partial charge >= 0.3 is 6.09 Å². The molecule has 5 rings (SSSR count). The molecule has 2 heterocycles. The van der Waals surface area contributed by atoms with Crippen LogP contribution in [0.4, 0.5) is 18.0 Å². The Morgan fingerprint density at radius 1 is 1.04 bits per heavy atom. The van der Waals surface area contributed by atoms with E-state index in [-0.39, 0.29) is 48.5 Å². The van der Waals surface area contributed by atoms with Crippen molar-refractivity contribution in [2.75, 3.05) is 26.8 Å². The molecule has 0 radical (unpaired) electrons. The molecule has 1 amide bonds. The highest BCUT2D eigenvalue weighted by Crippen LogP contribution is 2.44. The highest BCUT2D eigenvalue weighted by molar-refractivity contribution is 6.34. The molecule has 0 unspecified atom stereocenters. The molecule has 1 N–H and O–H groups in total. The highest BCUT2D eigenvalue weighted by atomic mass is 35.5. The van der Waals surface area contributed by atoms with Gasteiger partial charge in [0.25, 0.3) is 0 Å². The van der Waals surface area contributed by atoms with Crippen LogP contribution in [0.3, 0.4) is 0 Å². The number of ether oxygens (including phenoxy) is 3. The van der Waals surface area contributed by atoms with Crippen molar-refractivity contribution in [2.45, 2.75) is 39.4 Å². The van der Waals surface area contributed by atoms with Crippen LogP contribution in [0.5, 0.6) is 11.5 Å². The number of nitrogens with zero attached hydrogens (tertiary/aromatic N) is 3. The van der Waals surface area contributed by atoms with E-state index in [1.807, 2.05) is 0 Å². The summed E-state index contributed by atoms with van der Waals surface area (Å²) >= 11 is 6.47. The second-order valence-corrected chi connectivity index (χ2v) is 11.8. The summed E-state index contributed by atoms with van der Waals surface area (Å²) in [4.78, 5) is 22.3. The molecule has 3 aromatic carbocycles. The first-order chi connectivity index (χ1) is 21.4. The SMILES string of the molecule is COc1ccc(COc2cccc(F)c2-c2c(Cl)c(F)c3c(C4=C(CO)CN(C(=O)OC(C)(C)C)CC4)ncnc3c2F)cc1. The Bertz CT molecular complexity index is 1790. The van der Waals surface area contributed by atoms with Crippen molar-refractivity contribution < 1.29 is 37.3 Å². The fraction of sp³-hybridized carbons (Fsp3) is 0.303. The third-order valence-corrected chi connectivity index (χ3v) is 7.61. The smallest absolute Gasteiger partial charge is 0.410 e. The first-order valence-electron chi connectivity index (χ1n) is 14.1. The van der Waals surface area contributed by atoms with Crippen LogP contribution in [0, 0.1) is 17.5 Å². The molecule has 236 valence electrons. The van der Waals surface area contributed by atoms with Gasteiger partial charge in [-0.05, 0) is 68.2 Å². The largest absolute Gasteiger partial charge is 0.497 e. The van der Waals surface area contributed by atoms with Crippen LogP contribution < -0.4 is 9.47 Å². The summed E-state index contributed by atoms with van der Waals surface area (Å²) in [5.41, 5.74) is -0.539. The highest BCUT2D eigenvalue weighted by Gasteiger charge is 2.32. The molecule has 45 heavy (non-hydrogen) atoms. The Labute approximate surface area is 263 Å². The number of fused-ring (bicyclic) bond motifs is 1. The zero-order valence-electron chi connectivity index (χ0n) is 25.1. The third kappa shape index (κ3) is 6.55. The van der Waals surface area contributed by atoms with Crippen LogP contribution in [0.1, 0.15) is 38.4 Å². The quantitative estimate of drug-likeness (QED) is 0.211. The molecule has 0 spiro atoms. The Kier molecular flexibility index (Phi) is 9.22. The molecule has 0 saturated carbocycles. The number of methoxy groups -OCH3 is 1. The van der Waals surface area contributed by atoms with Crippen molar-refractivity contribution in [3.05, 3.63) is 88.1 Å². The van der Waals surface area contributed by atoms with Gasteiger partial charge in [0.05, 0.1) is 35.4 Å². The Hall–Kier alpha value is -4.35. The van der Waals surface area contributed by atoms with E-state index < -0.39 is 51.9 Å². The molecule has 4 aromatic rings. The van der Waals surface area contributed by atoms with Gasteiger partial charge in [-0.3, -0.25) is 0 Å². The minimum Gasteiger partial charge on any atom is -0.497 e. The van der Waals surface area contributed by atoms with Crippen LogP contribution in [0.15, 0.2) is 54.4 Å². The topological polar surface area (TPSA) is 94.0 Å². The van der Waals surface area contributed by atoms with E-state index in [1.54, 1.807) is 45.0 Å². The van der Waals surface area contributed by atoms with Gasteiger partial charge in [-0.1, -0.05) is 29.8 Å². The minimum atomic E-state index is -1.07. The van der Waals surface area contributed by atoms with Gasteiger partial charge in [-0.15, -0.1) is 0 Å². The maximum atomic E-state index is 16.3. The monoisotopic (exact) mass is 641 g/mol. The summed E-state index contributed by atoms with van der Waals surface area (Å²) in [6.45, 7) is 4.92. The van der Waals surface area contributed by atoms with Gasteiger partial charge in [-0.25, -0.2) is 27.9 Å². The van der Waals surface area contributed by atoms with Crippen molar-refractivity contribution in [3.63, 3.8) is 0 Å². The maximum Gasteiger partial charge on any atom is 0.410 e. The van der Waals surface area contributed by atoms with Crippen LogP contribution in [-0.2, 0) is 11.3 Å². The zero-order valence-corrected chi connectivity index (χ0v) is 25.8. The van der Waals surface area contributed by atoms with Crippen molar-refractivity contribution in [2.24, 2.45) is 0 Å². The number of benzene rings is 3.